The number of para-hydroxylation sites is 1. The summed E-state index contributed by atoms with van der Waals surface area (Å²) in [6, 6.07) is 7.49. The van der Waals surface area contributed by atoms with Crippen LogP contribution in [0.15, 0.2) is 39.5 Å². The highest BCUT2D eigenvalue weighted by molar-refractivity contribution is 6.36. The summed E-state index contributed by atoms with van der Waals surface area (Å²) >= 11 is 0. The average Bonchev–Trinajstić information content (AvgIpc) is 2.29. The molecule has 1 heterocycles. The number of fused-ring (bicyclic) bond motifs is 1. The summed E-state index contributed by atoms with van der Waals surface area (Å²) in [6.45, 7) is 0. The summed E-state index contributed by atoms with van der Waals surface area (Å²) in [4.78, 5) is 32.8. The molecule has 0 aliphatic heterocycles. The van der Waals surface area contributed by atoms with E-state index in [2.05, 4.69) is 0 Å². The number of anilines is 1. The van der Waals surface area contributed by atoms with Crippen molar-refractivity contribution in [2.75, 3.05) is 5.32 Å². The minimum Gasteiger partial charge on any atom is -0.474 e. The molecule has 0 bridgehead atoms. The minimum atomic E-state index is -1.65. The molecule has 1 aromatic carbocycles. The van der Waals surface area contributed by atoms with E-state index in [1.54, 1.807) is 24.3 Å². The monoisotopic (exact) mass is 233 g/mol. The van der Waals surface area contributed by atoms with Crippen LogP contribution in [0.5, 0.6) is 0 Å². The second-order valence-corrected chi connectivity index (χ2v) is 3.23. The zero-order chi connectivity index (χ0) is 12.4. The molecule has 6 nitrogen and oxygen atoms in total. The first-order valence-corrected chi connectivity index (χ1v) is 4.65. The predicted molar refractivity (Wildman–Crippen MR) is 58.7 cm³/mol. The molecule has 0 fully saturated rings. The molecule has 0 saturated heterocycles. The van der Waals surface area contributed by atoms with Gasteiger partial charge in [-0.15, -0.1) is 0 Å². The van der Waals surface area contributed by atoms with Crippen molar-refractivity contribution >= 4 is 28.7 Å². The van der Waals surface area contributed by atoms with Crippen LogP contribution in [-0.2, 0) is 9.59 Å². The lowest BCUT2D eigenvalue weighted by Gasteiger charge is -2.02. The Kier molecular flexibility index (Phi) is 2.61. The second-order valence-electron chi connectivity index (χ2n) is 3.23. The van der Waals surface area contributed by atoms with Gasteiger partial charge in [-0.1, -0.05) is 12.1 Å². The number of hydrogen-bond acceptors (Lipinski definition) is 4. The lowest BCUT2D eigenvalue weighted by atomic mass is 10.2. The van der Waals surface area contributed by atoms with E-state index in [4.69, 9.17) is 9.52 Å². The lowest BCUT2D eigenvalue weighted by Crippen LogP contribution is -2.22. The highest BCUT2D eigenvalue weighted by Gasteiger charge is 2.13. The molecule has 2 rings (SSSR count). The fraction of sp³-hybridized carbons (Fsp3) is 0. The molecule has 0 unspecified atom stereocenters. The number of carbonyl (C=O) groups excluding carboxylic acids is 1. The Morgan fingerprint density at radius 3 is 2.65 bits per heavy atom. The summed E-state index contributed by atoms with van der Waals surface area (Å²) in [6.07, 6.45) is 0. The number of aliphatic carboxylic acids is 1. The maximum Gasteiger partial charge on any atom is 0.394 e. The van der Waals surface area contributed by atoms with E-state index in [0.717, 1.165) is 6.07 Å². The average molecular weight is 233 g/mol. The summed E-state index contributed by atoms with van der Waals surface area (Å²) in [7, 11) is 0. The van der Waals surface area contributed by atoms with Gasteiger partial charge >= 0.3 is 11.9 Å². The highest BCUT2D eigenvalue weighted by atomic mass is 16.4. The first kappa shape index (κ1) is 10.9. The van der Waals surface area contributed by atoms with Crippen molar-refractivity contribution in [3.05, 3.63) is 40.6 Å². The van der Waals surface area contributed by atoms with Gasteiger partial charge in [-0.2, -0.15) is 0 Å². The minimum absolute atomic E-state index is 0.193. The van der Waals surface area contributed by atoms with Crippen molar-refractivity contribution in [2.24, 2.45) is 0 Å². The summed E-state index contributed by atoms with van der Waals surface area (Å²) in [5, 5.41) is 10.7. The van der Waals surface area contributed by atoms with E-state index in [1.807, 2.05) is 5.32 Å². The second kappa shape index (κ2) is 4.09. The van der Waals surface area contributed by atoms with Gasteiger partial charge in [-0.05, 0) is 12.1 Å². The van der Waals surface area contributed by atoms with Crippen LogP contribution in [0.2, 0.25) is 0 Å². The number of rotatable bonds is 1. The third-order valence-corrected chi connectivity index (χ3v) is 2.07. The zero-order valence-electron chi connectivity index (χ0n) is 8.47. The number of carboxylic acids is 1. The molecule has 1 aromatic heterocycles. The van der Waals surface area contributed by atoms with Crippen LogP contribution in [0.4, 0.5) is 5.88 Å². The Bertz CT molecular complexity index is 658. The smallest absolute Gasteiger partial charge is 0.394 e. The molecule has 0 atom stereocenters. The molecular formula is C11H7NO5. The Labute approximate surface area is 94.5 Å². The van der Waals surface area contributed by atoms with Crippen molar-refractivity contribution in [3.8, 4) is 0 Å². The van der Waals surface area contributed by atoms with E-state index in [-0.39, 0.29) is 16.9 Å². The van der Waals surface area contributed by atoms with Crippen molar-refractivity contribution in [1.82, 2.24) is 0 Å². The molecule has 0 spiro atoms. The van der Waals surface area contributed by atoms with Gasteiger partial charge in [0, 0.05) is 6.07 Å². The molecule has 0 aliphatic rings. The molecular weight excluding hydrogens is 226 g/mol. The maximum absolute atomic E-state index is 11.6. The maximum atomic E-state index is 11.6. The SMILES string of the molecule is O=C(O)C(=O)Nc1cc(=O)c2ccccc2o1. The lowest BCUT2D eigenvalue weighted by molar-refractivity contribution is -0.147. The van der Waals surface area contributed by atoms with E-state index in [0.29, 0.717) is 5.39 Å². The van der Waals surface area contributed by atoms with E-state index in [1.165, 1.54) is 0 Å². The Hall–Kier alpha value is -2.63. The van der Waals surface area contributed by atoms with Crippen LogP contribution in [0.3, 0.4) is 0 Å². The largest absolute Gasteiger partial charge is 0.474 e. The van der Waals surface area contributed by atoms with Crippen molar-refractivity contribution in [2.45, 2.75) is 0 Å². The summed E-state index contributed by atoms with van der Waals surface area (Å²) in [5.41, 5.74) is -0.0757. The van der Waals surface area contributed by atoms with Crippen LogP contribution in [0.1, 0.15) is 0 Å². The van der Waals surface area contributed by atoms with E-state index >= 15 is 0 Å². The van der Waals surface area contributed by atoms with E-state index in [9.17, 15) is 14.4 Å². The molecule has 0 radical (unpaired) electrons. The van der Waals surface area contributed by atoms with Crippen molar-refractivity contribution in [1.29, 1.82) is 0 Å². The molecule has 0 saturated carbocycles. The normalized spacial score (nSPS) is 10.1. The fourth-order valence-corrected chi connectivity index (χ4v) is 1.33. The Morgan fingerprint density at radius 2 is 1.94 bits per heavy atom. The number of amides is 1. The van der Waals surface area contributed by atoms with Crippen LogP contribution in [0, 0.1) is 0 Å². The third kappa shape index (κ3) is 2.15. The van der Waals surface area contributed by atoms with Gasteiger partial charge < -0.3 is 9.52 Å². The molecule has 1 amide bonds. The number of nitrogens with one attached hydrogen (secondary N) is 1. The molecule has 0 aliphatic carbocycles. The molecule has 17 heavy (non-hydrogen) atoms. The predicted octanol–water partition coefficient (Wildman–Crippen LogP) is 0.816. The van der Waals surface area contributed by atoms with Gasteiger partial charge in [0.25, 0.3) is 0 Å². The Balaban J connectivity index is 2.47. The number of benzene rings is 1. The van der Waals surface area contributed by atoms with Gasteiger partial charge in [0.15, 0.2) is 5.43 Å². The van der Waals surface area contributed by atoms with Crippen LogP contribution >= 0.6 is 0 Å². The zero-order valence-corrected chi connectivity index (χ0v) is 8.47. The Morgan fingerprint density at radius 1 is 1.24 bits per heavy atom. The summed E-state index contributed by atoms with van der Waals surface area (Å²) in [5.74, 6) is -3.11. The van der Waals surface area contributed by atoms with Gasteiger partial charge in [-0.3, -0.25) is 14.9 Å². The molecule has 2 N–H and O–H groups in total. The quantitative estimate of drug-likeness (QED) is 0.710. The van der Waals surface area contributed by atoms with Crippen molar-refractivity contribution < 1.29 is 19.1 Å². The van der Waals surface area contributed by atoms with Crippen molar-refractivity contribution in [3.63, 3.8) is 0 Å². The fourth-order valence-electron chi connectivity index (χ4n) is 1.33. The summed E-state index contributed by atoms with van der Waals surface area (Å²) < 4.78 is 5.17. The number of carbonyl (C=O) groups is 2. The van der Waals surface area contributed by atoms with Gasteiger partial charge in [0.1, 0.15) is 5.58 Å². The molecule has 86 valence electrons. The molecule has 6 heteroatoms. The number of carboxylic acid groups (broad SMARTS) is 1. The highest BCUT2D eigenvalue weighted by Crippen LogP contribution is 2.14. The van der Waals surface area contributed by atoms with E-state index < -0.39 is 11.9 Å². The number of hydrogen-bond donors (Lipinski definition) is 2. The van der Waals surface area contributed by atoms with Gasteiger partial charge in [-0.25, -0.2) is 4.79 Å². The van der Waals surface area contributed by atoms with Gasteiger partial charge in [0.05, 0.1) is 5.39 Å². The van der Waals surface area contributed by atoms with Crippen LogP contribution in [-0.4, -0.2) is 17.0 Å². The first-order valence-electron chi connectivity index (χ1n) is 4.65. The molecule has 2 aromatic rings. The van der Waals surface area contributed by atoms with Crippen LogP contribution in [0.25, 0.3) is 11.0 Å². The van der Waals surface area contributed by atoms with Gasteiger partial charge in [0.2, 0.25) is 5.88 Å². The third-order valence-electron chi connectivity index (χ3n) is 2.07. The van der Waals surface area contributed by atoms with Crippen LogP contribution < -0.4 is 10.7 Å². The first-order chi connectivity index (χ1) is 8.08. The topological polar surface area (TPSA) is 96.6 Å². The standard InChI is InChI=1S/C11H7NO5/c13-7-5-9(12-10(14)11(15)16)17-8-4-2-1-3-6(7)8/h1-5H,(H,12,14)(H,15,16).